The topological polar surface area (TPSA) is 62.5 Å². The number of rotatable bonds is 5. The number of thioether (sulfide) groups is 1. The van der Waals surface area contributed by atoms with Crippen LogP contribution >= 0.6 is 23.1 Å². The van der Waals surface area contributed by atoms with E-state index in [1.165, 1.54) is 37.0 Å². The minimum Gasteiger partial charge on any atom is -0.382 e. The Bertz CT molecular complexity index is 470. The molecule has 0 radical (unpaired) electrons. The van der Waals surface area contributed by atoms with Gasteiger partial charge in [-0.05, 0) is 19.1 Å². The van der Waals surface area contributed by atoms with Gasteiger partial charge in [0, 0.05) is 32.4 Å². The van der Waals surface area contributed by atoms with Crippen LogP contribution < -0.4 is 10.6 Å². The van der Waals surface area contributed by atoms with E-state index in [0.717, 1.165) is 30.5 Å². The van der Waals surface area contributed by atoms with Gasteiger partial charge in [-0.1, -0.05) is 24.2 Å². The largest absolute Gasteiger partial charge is 0.382 e. The highest BCUT2D eigenvalue weighted by molar-refractivity contribution is 7.98. The highest BCUT2D eigenvalue weighted by atomic mass is 32.2. The third kappa shape index (κ3) is 4.26. The van der Waals surface area contributed by atoms with Crippen LogP contribution in [0.25, 0.3) is 0 Å². The zero-order valence-corrected chi connectivity index (χ0v) is 14.4. The van der Waals surface area contributed by atoms with E-state index in [4.69, 9.17) is 5.73 Å². The number of nitrogens with two attached hydrogens (primary N) is 1. The second kappa shape index (κ2) is 7.89. The lowest BCUT2D eigenvalue weighted by molar-refractivity contribution is 0.0809. The molecule has 21 heavy (non-hydrogen) atoms. The maximum atomic E-state index is 12.4. The number of carbonyl (C=O) groups is 1. The van der Waals surface area contributed by atoms with Gasteiger partial charge in [-0.25, -0.2) is 4.98 Å². The maximum absolute atomic E-state index is 12.4. The van der Waals surface area contributed by atoms with Crippen molar-refractivity contribution < 1.29 is 4.79 Å². The minimum absolute atomic E-state index is 0.0138. The van der Waals surface area contributed by atoms with E-state index in [1.54, 1.807) is 16.7 Å². The summed E-state index contributed by atoms with van der Waals surface area (Å²) in [4.78, 5) is 21.4. The van der Waals surface area contributed by atoms with E-state index < -0.39 is 0 Å². The first-order chi connectivity index (χ1) is 10.1. The first-order valence-electron chi connectivity index (χ1n) is 7.39. The fourth-order valence-electron chi connectivity index (χ4n) is 2.37. The van der Waals surface area contributed by atoms with E-state index in [1.807, 2.05) is 13.3 Å². The van der Waals surface area contributed by atoms with Gasteiger partial charge in [0.1, 0.15) is 10.7 Å². The van der Waals surface area contributed by atoms with Crippen molar-refractivity contribution in [1.82, 2.24) is 9.88 Å². The van der Waals surface area contributed by atoms with Crippen LogP contribution in [0.15, 0.2) is 0 Å². The number of thiazole rings is 1. The van der Waals surface area contributed by atoms with E-state index in [2.05, 4.69) is 9.88 Å². The number of aromatic nitrogens is 1. The Balaban J connectivity index is 2.08. The van der Waals surface area contributed by atoms with Gasteiger partial charge < -0.3 is 15.5 Å². The van der Waals surface area contributed by atoms with Crippen LogP contribution in [-0.4, -0.2) is 54.5 Å². The summed E-state index contributed by atoms with van der Waals surface area (Å²) in [7, 11) is 1.82. The number of nitrogen functional groups attached to an aromatic ring is 1. The van der Waals surface area contributed by atoms with Gasteiger partial charge in [0.05, 0.1) is 0 Å². The number of hydrogen-bond donors (Lipinski definition) is 1. The smallest absolute Gasteiger partial charge is 0.267 e. The van der Waals surface area contributed by atoms with Crippen molar-refractivity contribution in [3.8, 4) is 0 Å². The molecule has 1 aliphatic heterocycles. The van der Waals surface area contributed by atoms with Crippen LogP contribution in [-0.2, 0) is 0 Å². The third-order valence-electron chi connectivity index (χ3n) is 3.69. The van der Waals surface area contributed by atoms with Crippen molar-refractivity contribution in [2.75, 3.05) is 49.3 Å². The van der Waals surface area contributed by atoms with Crippen molar-refractivity contribution in [2.45, 2.75) is 25.7 Å². The molecule has 1 aromatic rings. The van der Waals surface area contributed by atoms with Crippen LogP contribution in [0.2, 0.25) is 0 Å². The highest BCUT2D eigenvalue weighted by Crippen LogP contribution is 2.30. The lowest BCUT2D eigenvalue weighted by atomic mass is 10.2. The Morgan fingerprint density at radius 1 is 1.38 bits per heavy atom. The lowest BCUT2D eigenvalue weighted by Gasteiger charge is -2.18. The molecule has 0 saturated carbocycles. The second-order valence-corrected chi connectivity index (χ2v) is 7.29. The van der Waals surface area contributed by atoms with Crippen LogP contribution in [0.3, 0.4) is 0 Å². The molecular formula is C14H24N4OS2. The van der Waals surface area contributed by atoms with Crippen molar-refractivity contribution in [1.29, 1.82) is 0 Å². The van der Waals surface area contributed by atoms with Crippen LogP contribution in [0.5, 0.6) is 0 Å². The Hall–Kier alpha value is -0.950. The molecule has 2 N–H and O–H groups in total. The average molecular weight is 329 g/mol. The van der Waals surface area contributed by atoms with Gasteiger partial charge in [-0.2, -0.15) is 11.8 Å². The lowest BCUT2D eigenvalue weighted by Crippen LogP contribution is -2.28. The minimum atomic E-state index is -0.0138. The van der Waals surface area contributed by atoms with Crippen LogP contribution in [0.4, 0.5) is 10.9 Å². The Morgan fingerprint density at radius 2 is 2.05 bits per heavy atom. The summed E-state index contributed by atoms with van der Waals surface area (Å²) in [6.45, 7) is 2.77. The molecule has 0 unspecified atom stereocenters. The molecular weight excluding hydrogens is 304 g/mol. The van der Waals surface area contributed by atoms with Gasteiger partial charge >= 0.3 is 0 Å². The van der Waals surface area contributed by atoms with Crippen molar-refractivity contribution in [2.24, 2.45) is 0 Å². The SMILES string of the molecule is CSCCN(C)C(=O)c1sc(N2CCCCCC2)nc1N. The Morgan fingerprint density at radius 3 is 2.67 bits per heavy atom. The fourth-order valence-corrected chi connectivity index (χ4v) is 3.86. The predicted molar refractivity (Wildman–Crippen MR) is 92.5 cm³/mol. The summed E-state index contributed by atoms with van der Waals surface area (Å²) in [6.07, 6.45) is 6.98. The summed E-state index contributed by atoms with van der Waals surface area (Å²) in [6, 6.07) is 0. The molecule has 1 saturated heterocycles. The van der Waals surface area contributed by atoms with Crippen LogP contribution in [0.1, 0.15) is 35.4 Å². The first kappa shape index (κ1) is 16.4. The molecule has 0 aromatic carbocycles. The fraction of sp³-hybridized carbons (Fsp3) is 0.714. The molecule has 0 aliphatic carbocycles. The zero-order chi connectivity index (χ0) is 15.2. The molecule has 1 aromatic heterocycles. The van der Waals surface area contributed by atoms with Gasteiger partial charge in [0.15, 0.2) is 5.13 Å². The summed E-state index contributed by atoms with van der Waals surface area (Å²) in [5.41, 5.74) is 5.97. The number of hydrogen-bond acceptors (Lipinski definition) is 6. The standard InChI is InChI=1S/C14H24N4OS2/c1-17(9-10-20-2)13(19)11-12(15)16-14(21-11)18-7-5-3-4-6-8-18/h3-10,15H2,1-2H3. The molecule has 1 fully saturated rings. The summed E-state index contributed by atoms with van der Waals surface area (Å²) in [5.74, 6) is 1.29. The van der Waals surface area contributed by atoms with E-state index in [-0.39, 0.29) is 5.91 Å². The molecule has 0 bridgehead atoms. The van der Waals surface area contributed by atoms with Crippen molar-refractivity contribution >= 4 is 40.0 Å². The van der Waals surface area contributed by atoms with E-state index in [9.17, 15) is 4.79 Å². The number of amides is 1. The molecule has 2 rings (SSSR count). The van der Waals surface area contributed by atoms with Gasteiger partial charge in [0.2, 0.25) is 0 Å². The number of anilines is 2. The molecule has 1 amide bonds. The van der Waals surface area contributed by atoms with Gasteiger partial charge in [0.25, 0.3) is 5.91 Å². The molecule has 0 spiro atoms. The third-order valence-corrected chi connectivity index (χ3v) is 5.40. The molecule has 1 aliphatic rings. The van der Waals surface area contributed by atoms with Crippen molar-refractivity contribution in [3.05, 3.63) is 4.88 Å². The quantitative estimate of drug-likeness (QED) is 0.900. The summed E-state index contributed by atoms with van der Waals surface area (Å²) >= 11 is 3.17. The number of nitrogens with zero attached hydrogens (tertiary/aromatic N) is 3. The maximum Gasteiger partial charge on any atom is 0.267 e. The normalized spacial score (nSPS) is 15.8. The first-order valence-corrected chi connectivity index (χ1v) is 9.60. The second-order valence-electron chi connectivity index (χ2n) is 5.33. The van der Waals surface area contributed by atoms with Gasteiger partial charge in [-0.15, -0.1) is 0 Å². The predicted octanol–water partition coefficient (Wildman–Crippen LogP) is 2.54. The molecule has 0 atom stereocenters. The Kier molecular flexibility index (Phi) is 6.17. The molecule has 2 heterocycles. The monoisotopic (exact) mass is 328 g/mol. The van der Waals surface area contributed by atoms with Crippen LogP contribution in [0, 0.1) is 0 Å². The zero-order valence-electron chi connectivity index (χ0n) is 12.8. The average Bonchev–Trinajstić information content (AvgIpc) is 2.70. The van der Waals surface area contributed by atoms with E-state index in [0.29, 0.717) is 10.7 Å². The summed E-state index contributed by atoms with van der Waals surface area (Å²) < 4.78 is 0. The summed E-state index contributed by atoms with van der Waals surface area (Å²) in [5, 5.41) is 0.899. The molecule has 118 valence electrons. The van der Waals surface area contributed by atoms with E-state index >= 15 is 0 Å². The number of carbonyl (C=O) groups excluding carboxylic acids is 1. The molecule has 5 nitrogen and oxygen atoms in total. The molecule has 7 heteroatoms. The van der Waals surface area contributed by atoms with Crippen molar-refractivity contribution in [3.63, 3.8) is 0 Å². The highest BCUT2D eigenvalue weighted by Gasteiger charge is 2.22. The Labute approximate surface area is 134 Å². The van der Waals surface area contributed by atoms with Gasteiger partial charge in [-0.3, -0.25) is 4.79 Å².